The molecule has 0 unspecified atom stereocenters. The van der Waals surface area contributed by atoms with E-state index in [4.69, 9.17) is 23.2 Å². The van der Waals surface area contributed by atoms with Gasteiger partial charge in [-0.25, -0.2) is 4.98 Å². The minimum absolute atomic E-state index is 0.234. The Kier molecular flexibility index (Phi) is 5.04. The highest BCUT2D eigenvalue weighted by atomic mass is 35.5. The van der Waals surface area contributed by atoms with E-state index in [1.807, 2.05) is 6.92 Å². The number of hydrogen-bond donors (Lipinski definition) is 2. The molecule has 0 spiro atoms. The second-order valence-electron chi connectivity index (χ2n) is 4.45. The van der Waals surface area contributed by atoms with Gasteiger partial charge in [-0.15, -0.1) is 0 Å². The molecule has 21 heavy (non-hydrogen) atoms. The van der Waals surface area contributed by atoms with Crippen LogP contribution in [-0.4, -0.2) is 17.9 Å². The van der Waals surface area contributed by atoms with Gasteiger partial charge in [-0.2, -0.15) is 0 Å². The van der Waals surface area contributed by atoms with Crippen molar-refractivity contribution in [3.8, 4) is 0 Å². The lowest BCUT2D eigenvalue weighted by molar-refractivity contribution is 0.102. The maximum absolute atomic E-state index is 12.3. The van der Waals surface area contributed by atoms with Crippen molar-refractivity contribution >= 4 is 40.6 Å². The summed E-state index contributed by atoms with van der Waals surface area (Å²) in [6, 6.07) is 8.36. The average molecular weight is 324 g/mol. The van der Waals surface area contributed by atoms with Crippen LogP contribution in [0.3, 0.4) is 0 Å². The van der Waals surface area contributed by atoms with Gasteiger partial charge in [-0.1, -0.05) is 30.1 Å². The number of aromatic nitrogens is 1. The lowest BCUT2D eigenvalue weighted by Gasteiger charge is -2.09. The first-order chi connectivity index (χ1) is 10.0. The maximum Gasteiger partial charge on any atom is 0.255 e. The molecule has 0 aliphatic heterocycles. The minimum Gasteiger partial charge on any atom is -0.373 e. The molecule has 1 amide bonds. The summed E-state index contributed by atoms with van der Waals surface area (Å²) in [5.74, 6) is 0.422. The third kappa shape index (κ3) is 4.09. The van der Waals surface area contributed by atoms with Gasteiger partial charge in [-0.05, 0) is 36.8 Å². The van der Waals surface area contributed by atoms with Crippen molar-refractivity contribution in [2.24, 2.45) is 0 Å². The van der Waals surface area contributed by atoms with Gasteiger partial charge in [0.1, 0.15) is 5.82 Å². The molecular formula is C15H15Cl2N3O. The number of nitrogens with zero attached hydrogens (tertiary/aromatic N) is 1. The topological polar surface area (TPSA) is 54.0 Å². The van der Waals surface area contributed by atoms with Crippen LogP contribution in [0.25, 0.3) is 0 Å². The minimum atomic E-state index is -0.234. The van der Waals surface area contributed by atoms with Crippen molar-refractivity contribution in [2.75, 3.05) is 17.7 Å². The summed E-state index contributed by atoms with van der Waals surface area (Å²) in [6.07, 6.45) is 0.749. The fourth-order valence-electron chi connectivity index (χ4n) is 1.86. The summed E-state index contributed by atoms with van der Waals surface area (Å²) in [5, 5.41) is 6.66. The number of aryl methyl sites for hydroxylation is 1. The van der Waals surface area contributed by atoms with Crippen LogP contribution in [0.4, 0.5) is 11.5 Å². The van der Waals surface area contributed by atoms with E-state index in [0.29, 0.717) is 27.1 Å². The first kappa shape index (κ1) is 15.6. The molecular weight excluding hydrogens is 309 g/mol. The Balaban J connectivity index is 2.27. The normalized spacial score (nSPS) is 10.3. The Morgan fingerprint density at radius 2 is 1.81 bits per heavy atom. The molecule has 1 heterocycles. The third-order valence-electron chi connectivity index (χ3n) is 2.88. The van der Waals surface area contributed by atoms with Gasteiger partial charge in [0, 0.05) is 34.0 Å². The first-order valence-corrected chi connectivity index (χ1v) is 7.23. The zero-order valence-corrected chi connectivity index (χ0v) is 13.2. The second-order valence-corrected chi connectivity index (χ2v) is 5.32. The Labute approximate surface area is 133 Å². The quantitative estimate of drug-likeness (QED) is 0.884. The number of benzene rings is 1. The van der Waals surface area contributed by atoms with E-state index >= 15 is 0 Å². The molecule has 0 aliphatic rings. The largest absolute Gasteiger partial charge is 0.373 e. The van der Waals surface area contributed by atoms with Gasteiger partial charge in [0.05, 0.1) is 0 Å². The predicted octanol–water partition coefficient (Wildman–Crippen LogP) is 4.24. The van der Waals surface area contributed by atoms with Crippen molar-refractivity contribution < 1.29 is 4.79 Å². The Hall–Kier alpha value is -1.78. The van der Waals surface area contributed by atoms with Crippen molar-refractivity contribution in [3.63, 3.8) is 0 Å². The highest BCUT2D eigenvalue weighted by molar-refractivity contribution is 6.35. The molecule has 110 valence electrons. The van der Waals surface area contributed by atoms with E-state index in [0.717, 1.165) is 12.1 Å². The Bertz CT molecular complexity index is 631. The monoisotopic (exact) mass is 323 g/mol. The summed E-state index contributed by atoms with van der Waals surface area (Å²) in [5.41, 5.74) is 1.93. The molecule has 6 heteroatoms. The average Bonchev–Trinajstić information content (AvgIpc) is 2.45. The smallest absolute Gasteiger partial charge is 0.255 e. The number of pyridine rings is 1. The van der Waals surface area contributed by atoms with Crippen molar-refractivity contribution in [1.82, 2.24) is 4.98 Å². The Morgan fingerprint density at radius 3 is 2.38 bits per heavy atom. The number of hydrogen-bond acceptors (Lipinski definition) is 3. The van der Waals surface area contributed by atoms with Crippen LogP contribution in [0.1, 0.15) is 23.0 Å². The van der Waals surface area contributed by atoms with Gasteiger partial charge < -0.3 is 10.6 Å². The van der Waals surface area contributed by atoms with E-state index in [1.54, 1.807) is 37.4 Å². The standard InChI is InChI=1S/C15H15Cl2N3O/c1-3-12-4-9(5-14(18-2)19-12)15(21)20-13-7-10(16)6-11(17)8-13/h4-8H,3H2,1-2H3,(H,18,19)(H,20,21). The molecule has 4 nitrogen and oxygen atoms in total. The summed E-state index contributed by atoms with van der Waals surface area (Å²) >= 11 is 11.8. The summed E-state index contributed by atoms with van der Waals surface area (Å²) in [4.78, 5) is 16.7. The number of nitrogens with one attached hydrogen (secondary N) is 2. The maximum atomic E-state index is 12.3. The number of amides is 1. The van der Waals surface area contributed by atoms with Crippen LogP contribution in [0, 0.1) is 0 Å². The first-order valence-electron chi connectivity index (χ1n) is 6.48. The zero-order chi connectivity index (χ0) is 15.4. The van der Waals surface area contributed by atoms with Gasteiger partial charge in [0.25, 0.3) is 5.91 Å². The summed E-state index contributed by atoms with van der Waals surface area (Å²) < 4.78 is 0. The zero-order valence-electron chi connectivity index (χ0n) is 11.7. The molecule has 0 saturated heterocycles. The van der Waals surface area contributed by atoms with E-state index < -0.39 is 0 Å². The molecule has 2 N–H and O–H groups in total. The molecule has 1 aromatic heterocycles. The molecule has 0 radical (unpaired) electrons. The summed E-state index contributed by atoms with van der Waals surface area (Å²) in [7, 11) is 1.76. The van der Waals surface area contributed by atoms with Gasteiger partial charge in [0.15, 0.2) is 0 Å². The molecule has 0 bridgehead atoms. The highest BCUT2D eigenvalue weighted by Gasteiger charge is 2.10. The second kappa shape index (κ2) is 6.78. The van der Waals surface area contributed by atoms with E-state index in [9.17, 15) is 4.79 Å². The number of anilines is 2. The van der Waals surface area contributed by atoms with Crippen LogP contribution in [0.2, 0.25) is 10.0 Å². The SMILES string of the molecule is CCc1cc(C(=O)Nc2cc(Cl)cc(Cl)c2)cc(NC)n1. The molecule has 1 aromatic carbocycles. The van der Waals surface area contributed by atoms with Crippen molar-refractivity contribution in [1.29, 1.82) is 0 Å². The Morgan fingerprint density at radius 1 is 1.14 bits per heavy atom. The summed E-state index contributed by atoms with van der Waals surface area (Å²) in [6.45, 7) is 1.99. The number of rotatable bonds is 4. The third-order valence-corrected chi connectivity index (χ3v) is 3.32. The van der Waals surface area contributed by atoms with Crippen LogP contribution < -0.4 is 10.6 Å². The fraction of sp³-hybridized carbons (Fsp3) is 0.200. The predicted molar refractivity (Wildman–Crippen MR) is 87.6 cm³/mol. The van der Waals surface area contributed by atoms with Crippen LogP contribution >= 0.6 is 23.2 Å². The van der Waals surface area contributed by atoms with Crippen LogP contribution in [0.5, 0.6) is 0 Å². The fourth-order valence-corrected chi connectivity index (χ4v) is 2.38. The molecule has 0 saturated carbocycles. The van der Waals surface area contributed by atoms with Crippen molar-refractivity contribution in [2.45, 2.75) is 13.3 Å². The van der Waals surface area contributed by atoms with Gasteiger partial charge in [-0.3, -0.25) is 4.79 Å². The molecule has 2 aromatic rings. The number of carbonyl (C=O) groups is 1. The molecule has 2 rings (SSSR count). The molecule has 0 atom stereocenters. The van der Waals surface area contributed by atoms with E-state index in [1.165, 1.54) is 0 Å². The van der Waals surface area contributed by atoms with Crippen LogP contribution in [0.15, 0.2) is 30.3 Å². The highest BCUT2D eigenvalue weighted by Crippen LogP contribution is 2.23. The molecule has 0 aliphatic carbocycles. The van der Waals surface area contributed by atoms with E-state index in [2.05, 4.69) is 15.6 Å². The van der Waals surface area contributed by atoms with E-state index in [-0.39, 0.29) is 5.91 Å². The molecule has 0 fully saturated rings. The van der Waals surface area contributed by atoms with Crippen LogP contribution in [-0.2, 0) is 6.42 Å². The lowest BCUT2D eigenvalue weighted by Crippen LogP contribution is -2.13. The number of carbonyl (C=O) groups excluding carboxylic acids is 1. The van der Waals surface area contributed by atoms with Crippen molar-refractivity contribution in [3.05, 3.63) is 51.6 Å². The lowest BCUT2D eigenvalue weighted by atomic mass is 10.1. The van der Waals surface area contributed by atoms with Gasteiger partial charge >= 0.3 is 0 Å². The number of halogens is 2. The van der Waals surface area contributed by atoms with Gasteiger partial charge in [0.2, 0.25) is 0 Å².